The molecule has 1 aromatic rings. The van der Waals surface area contributed by atoms with Crippen LogP contribution in [0.25, 0.3) is 0 Å². The minimum atomic E-state index is -0.0933. The predicted octanol–water partition coefficient (Wildman–Crippen LogP) is 1.95. The van der Waals surface area contributed by atoms with E-state index in [1.54, 1.807) is 11.3 Å². The van der Waals surface area contributed by atoms with Gasteiger partial charge in [-0.05, 0) is 23.1 Å². The average molecular weight is 256 g/mol. The Balaban J connectivity index is 2.44. The summed E-state index contributed by atoms with van der Waals surface area (Å²) in [5, 5.41) is 19.6. The molecule has 0 aliphatic heterocycles. The maximum atomic E-state index is 8.90. The highest BCUT2D eigenvalue weighted by atomic mass is 32.2. The number of aliphatic hydroxyl groups excluding tert-OH is 2. The van der Waals surface area contributed by atoms with Gasteiger partial charge in [-0.2, -0.15) is 11.8 Å². The zero-order chi connectivity index (χ0) is 11.8. The number of hydrogen-bond acceptors (Lipinski definition) is 4. The fourth-order valence-corrected chi connectivity index (χ4v) is 3.21. The molecule has 1 atom stereocenters. The first-order valence-electron chi connectivity index (χ1n) is 5.12. The van der Waals surface area contributed by atoms with Crippen LogP contribution in [0.1, 0.15) is 17.4 Å². The summed E-state index contributed by atoms with van der Waals surface area (Å²) in [6.07, 6.45) is 0. The van der Waals surface area contributed by atoms with Crippen molar-refractivity contribution in [3.05, 3.63) is 21.9 Å². The van der Waals surface area contributed by atoms with Gasteiger partial charge in [0.1, 0.15) is 6.61 Å². The van der Waals surface area contributed by atoms with E-state index in [9.17, 15) is 0 Å². The van der Waals surface area contributed by atoms with Crippen LogP contribution < -0.4 is 0 Å². The molecule has 0 bridgehead atoms. The summed E-state index contributed by atoms with van der Waals surface area (Å²) in [5.41, 5.74) is 1.02. The van der Waals surface area contributed by atoms with Gasteiger partial charge in [0.2, 0.25) is 0 Å². The normalized spacial score (nSPS) is 11.9. The molecule has 0 amide bonds. The highest BCUT2D eigenvalue weighted by Gasteiger charge is 2.04. The van der Waals surface area contributed by atoms with Gasteiger partial charge in [-0.1, -0.05) is 18.8 Å². The molecule has 0 aromatic carbocycles. The molecule has 0 aliphatic carbocycles. The summed E-state index contributed by atoms with van der Waals surface area (Å²) >= 11 is 3.50. The third-order valence-electron chi connectivity index (χ3n) is 1.99. The summed E-state index contributed by atoms with van der Waals surface area (Å²) < 4.78 is 0. The second-order valence-corrected chi connectivity index (χ2v) is 5.55. The molecule has 1 heterocycles. The third kappa shape index (κ3) is 4.58. The van der Waals surface area contributed by atoms with Crippen molar-refractivity contribution in [2.45, 2.75) is 12.7 Å². The van der Waals surface area contributed by atoms with Crippen LogP contribution in [0.15, 0.2) is 11.4 Å². The van der Waals surface area contributed by atoms with Gasteiger partial charge in [0.15, 0.2) is 0 Å². The Kier molecular flexibility index (Phi) is 6.58. The highest BCUT2D eigenvalue weighted by Crippen LogP contribution is 2.23. The van der Waals surface area contributed by atoms with Gasteiger partial charge in [-0.15, -0.1) is 11.3 Å². The van der Waals surface area contributed by atoms with Gasteiger partial charge in [0.05, 0.1) is 0 Å². The van der Waals surface area contributed by atoms with Crippen molar-refractivity contribution in [3.8, 4) is 11.8 Å². The average Bonchev–Trinajstić information content (AvgIpc) is 2.73. The lowest BCUT2D eigenvalue weighted by Crippen LogP contribution is -2.03. The Morgan fingerprint density at radius 1 is 1.50 bits per heavy atom. The minimum absolute atomic E-state index is 0.0933. The molecule has 0 fully saturated rings. The van der Waals surface area contributed by atoms with Crippen molar-refractivity contribution in [2.24, 2.45) is 5.92 Å². The molecule has 4 heteroatoms. The van der Waals surface area contributed by atoms with Crippen LogP contribution in [0.4, 0.5) is 0 Å². The van der Waals surface area contributed by atoms with Crippen LogP contribution in [0.3, 0.4) is 0 Å². The van der Waals surface area contributed by atoms with E-state index in [-0.39, 0.29) is 13.2 Å². The van der Waals surface area contributed by atoms with Crippen molar-refractivity contribution in [2.75, 3.05) is 19.0 Å². The van der Waals surface area contributed by atoms with E-state index in [2.05, 4.69) is 11.8 Å². The number of thioether (sulfide) groups is 1. The summed E-state index contributed by atoms with van der Waals surface area (Å²) in [6, 6.07) is 1.98. The van der Waals surface area contributed by atoms with E-state index in [4.69, 9.17) is 10.2 Å². The van der Waals surface area contributed by atoms with E-state index in [0.29, 0.717) is 5.92 Å². The van der Waals surface area contributed by atoms with Crippen molar-refractivity contribution in [3.63, 3.8) is 0 Å². The smallest absolute Gasteiger partial charge is 0.104 e. The number of rotatable bonds is 5. The molecular formula is C12H16O2S2. The summed E-state index contributed by atoms with van der Waals surface area (Å²) in [4.78, 5) is 1.25. The van der Waals surface area contributed by atoms with E-state index in [1.807, 2.05) is 30.1 Å². The van der Waals surface area contributed by atoms with E-state index >= 15 is 0 Å². The molecule has 0 saturated heterocycles. The Morgan fingerprint density at radius 2 is 2.31 bits per heavy atom. The van der Waals surface area contributed by atoms with Crippen molar-refractivity contribution in [1.82, 2.24) is 0 Å². The lowest BCUT2D eigenvalue weighted by Gasteiger charge is -2.06. The van der Waals surface area contributed by atoms with Gasteiger partial charge < -0.3 is 10.2 Å². The highest BCUT2D eigenvalue weighted by molar-refractivity contribution is 7.98. The third-order valence-corrected chi connectivity index (χ3v) is 4.40. The fourth-order valence-electron chi connectivity index (χ4n) is 1.10. The summed E-state index contributed by atoms with van der Waals surface area (Å²) in [5.74, 6) is 7.84. The van der Waals surface area contributed by atoms with Gasteiger partial charge in [0.25, 0.3) is 0 Å². The Hall–Kier alpha value is -0.470. The Morgan fingerprint density at radius 3 is 3.00 bits per heavy atom. The maximum Gasteiger partial charge on any atom is 0.104 e. The van der Waals surface area contributed by atoms with Crippen molar-refractivity contribution in [1.29, 1.82) is 0 Å². The van der Waals surface area contributed by atoms with Crippen molar-refractivity contribution >= 4 is 23.1 Å². The molecule has 88 valence electrons. The van der Waals surface area contributed by atoms with Gasteiger partial charge in [0, 0.05) is 22.8 Å². The summed E-state index contributed by atoms with van der Waals surface area (Å²) in [6.45, 7) is 2.19. The lowest BCUT2D eigenvalue weighted by molar-refractivity contribution is 0.250. The molecule has 1 unspecified atom stereocenters. The molecule has 2 nitrogen and oxygen atoms in total. The first-order valence-corrected chi connectivity index (χ1v) is 7.16. The quantitative estimate of drug-likeness (QED) is 0.791. The van der Waals surface area contributed by atoms with Crippen LogP contribution in [-0.4, -0.2) is 29.2 Å². The Bertz CT molecular complexity index is 363. The molecule has 0 aliphatic rings. The number of hydrogen-bond donors (Lipinski definition) is 2. The van der Waals surface area contributed by atoms with Crippen LogP contribution in [0, 0.1) is 17.8 Å². The lowest BCUT2D eigenvalue weighted by atomic mass is 10.2. The van der Waals surface area contributed by atoms with Crippen molar-refractivity contribution < 1.29 is 10.2 Å². The molecule has 1 rings (SSSR count). The minimum Gasteiger partial charge on any atom is -0.396 e. The molecule has 2 N–H and O–H groups in total. The second kappa shape index (κ2) is 7.75. The van der Waals surface area contributed by atoms with E-state index < -0.39 is 0 Å². The number of thiophene rings is 1. The zero-order valence-electron chi connectivity index (χ0n) is 9.27. The second-order valence-electron chi connectivity index (χ2n) is 3.52. The van der Waals surface area contributed by atoms with Crippen LogP contribution in [-0.2, 0) is 5.75 Å². The van der Waals surface area contributed by atoms with E-state index in [0.717, 1.165) is 17.1 Å². The Labute approximate surface area is 105 Å². The van der Waals surface area contributed by atoms with Gasteiger partial charge >= 0.3 is 0 Å². The largest absolute Gasteiger partial charge is 0.396 e. The molecular weight excluding hydrogens is 240 g/mol. The predicted molar refractivity (Wildman–Crippen MR) is 70.7 cm³/mol. The molecule has 0 radical (unpaired) electrons. The zero-order valence-corrected chi connectivity index (χ0v) is 10.9. The summed E-state index contributed by atoms with van der Waals surface area (Å²) in [7, 11) is 0. The maximum absolute atomic E-state index is 8.90. The van der Waals surface area contributed by atoms with Gasteiger partial charge in [-0.25, -0.2) is 0 Å². The first-order chi connectivity index (χ1) is 7.77. The standard InChI is InChI=1S/C12H16O2S2/c1-10(7-14)8-15-9-12-11(3-2-5-13)4-6-16-12/h4,6,10,13-14H,5,7-9H2,1H3. The van der Waals surface area contributed by atoms with Crippen LogP contribution >= 0.6 is 23.1 Å². The number of aliphatic hydroxyl groups is 2. The first kappa shape index (κ1) is 13.6. The molecule has 16 heavy (non-hydrogen) atoms. The fraction of sp³-hybridized carbons (Fsp3) is 0.500. The molecule has 0 saturated carbocycles. The topological polar surface area (TPSA) is 40.5 Å². The van der Waals surface area contributed by atoms with E-state index in [1.165, 1.54) is 4.88 Å². The van der Waals surface area contributed by atoms with Crippen LogP contribution in [0.2, 0.25) is 0 Å². The molecule has 1 aromatic heterocycles. The monoisotopic (exact) mass is 256 g/mol. The SMILES string of the molecule is CC(CO)CSCc1sccc1C#CCO. The van der Waals surface area contributed by atoms with Gasteiger partial charge in [-0.3, -0.25) is 0 Å². The molecule has 0 spiro atoms. The van der Waals surface area contributed by atoms with Crippen LogP contribution in [0.5, 0.6) is 0 Å².